The summed E-state index contributed by atoms with van der Waals surface area (Å²) in [6.45, 7) is 14.9. The summed E-state index contributed by atoms with van der Waals surface area (Å²) in [6, 6.07) is 10.0. The Balaban J connectivity index is 2.33. The highest BCUT2D eigenvalue weighted by molar-refractivity contribution is 6.07. The molecule has 0 radical (unpaired) electrons. The van der Waals surface area contributed by atoms with Crippen molar-refractivity contribution in [1.82, 2.24) is 0 Å². The van der Waals surface area contributed by atoms with E-state index in [1.807, 2.05) is 32.1 Å². The maximum Gasteiger partial charge on any atom is 0.316 e. The number of benzene rings is 2. The first-order chi connectivity index (χ1) is 17.3. The molecule has 0 amide bonds. The molecule has 6 nitrogen and oxygen atoms in total. The van der Waals surface area contributed by atoms with Gasteiger partial charge < -0.3 is 14.2 Å². The summed E-state index contributed by atoms with van der Waals surface area (Å²) in [7, 11) is 0. The lowest BCUT2D eigenvalue weighted by molar-refractivity contribution is -0.143. The highest BCUT2D eigenvalue weighted by Crippen LogP contribution is 2.33. The molecule has 0 spiro atoms. The molecule has 198 valence electrons. The van der Waals surface area contributed by atoms with E-state index in [0.717, 1.165) is 5.56 Å². The van der Waals surface area contributed by atoms with E-state index in [1.54, 1.807) is 78.0 Å². The lowest BCUT2D eigenvalue weighted by Gasteiger charge is -2.19. The summed E-state index contributed by atoms with van der Waals surface area (Å²) >= 11 is 0. The fourth-order valence-corrected chi connectivity index (χ4v) is 3.00. The fraction of sp³-hybridized carbons (Fsp3) is 0.387. The van der Waals surface area contributed by atoms with Gasteiger partial charge in [0.05, 0.1) is 17.4 Å². The monoisotopic (exact) mass is 506 g/mol. The average molecular weight is 507 g/mol. The number of allylic oxidation sites excluding steroid dienone is 3. The van der Waals surface area contributed by atoms with Gasteiger partial charge in [0.25, 0.3) is 0 Å². The van der Waals surface area contributed by atoms with Crippen LogP contribution in [0.3, 0.4) is 0 Å². The van der Waals surface area contributed by atoms with Crippen molar-refractivity contribution < 1.29 is 28.6 Å². The Bertz CT molecular complexity index is 1170. The number of carbonyl (C=O) groups is 3. The van der Waals surface area contributed by atoms with Crippen molar-refractivity contribution in [2.45, 2.75) is 61.8 Å². The quantitative estimate of drug-likeness (QED) is 0.120. The van der Waals surface area contributed by atoms with Crippen LogP contribution in [0.15, 0.2) is 54.6 Å². The van der Waals surface area contributed by atoms with E-state index in [0.29, 0.717) is 41.4 Å². The number of hydrogen-bond donors (Lipinski definition) is 0. The highest BCUT2D eigenvalue weighted by atomic mass is 16.5. The summed E-state index contributed by atoms with van der Waals surface area (Å²) in [5, 5.41) is 0. The number of rotatable bonds is 9. The van der Waals surface area contributed by atoms with E-state index < -0.39 is 10.8 Å². The molecule has 0 fully saturated rings. The molecule has 0 aliphatic rings. The van der Waals surface area contributed by atoms with Crippen molar-refractivity contribution >= 4 is 23.8 Å². The van der Waals surface area contributed by atoms with Gasteiger partial charge in [-0.2, -0.15) is 0 Å². The maximum absolute atomic E-state index is 12.8. The van der Waals surface area contributed by atoms with Gasteiger partial charge >= 0.3 is 11.9 Å². The van der Waals surface area contributed by atoms with Gasteiger partial charge in [-0.15, -0.1) is 0 Å². The summed E-state index contributed by atoms with van der Waals surface area (Å²) in [4.78, 5) is 37.5. The van der Waals surface area contributed by atoms with Gasteiger partial charge in [-0.25, -0.2) is 0 Å². The van der Waals surface area contributed by atoms with Crippen molar-refractivity contribution in [1.29, 1.82) is 0 Å². The Morgan fingerprint density at radius 2 is 1.43 bits per heavy atom. The second kappa shape index (κ2) is 12.5. The third-order valence-electron chi connectivity index (χ3n) is 5.26. The van der Waals surface area contributed by atoms with Gasteiger partial charge in [0.1, 0.15) is 17.2 Å². The Morgan fingerprint density at radius 1 is 0.838 bits per heavy atom. The molecule has 6 heteroatoms. The van der Waals surface area contributed by atoms with Crippen molar-refractivity contribution in [2.24, 2.45) is 10.8 Å². The van der Waals surface area contributed by atoms with Crippen LogP contribution in [-0.4, -0.2) is 24.3 Å². The largest absolute Gasteiger partial charge is 0.493 e. The molecule has 0 aromatic heterocycles. The Labute approximate surface area is 220 Å². The van der Waals surface area contributed by atoms with Gasteiger partial charge in [0.2, 0.25) is 0 Å². The zero-order valence-electron chi connectivity index (χ0n) is 23.1. The van der Waals surface area contributed by atoms with Gasteiger partial charge in [-0.3, -0.25) is 14.4 Å². The molecule has 0 atom stereocenters. The fourth-order valence-electron chi connectivity index (χ4n) is 3.00. The molecule has 0 saturated carbocycles. The third-order valence-corrected chi connectivity index (χ3v) is 5.26. The SMILES string of the molecule is C/C=C/Cc1cc(/C=C/C(=O)c2ccc(OC(=O)C(C)(C)C)cc2)c(OCC)cc1OC(=O)C(C)(C)C. The van der Waals surface area contributed by atoms with E-state index >= 15 is 0 Å². The standard InChI is InChI=1S/C31H38O6/c1-9-11-12-22-19-23(26(35-10-2)20-27(22)37-29(34)31(6,7)8)15-18-25(32)21-13-16-24(17-14-21)36-28(33)30(3,4)5/h9,11,13-20H,10,12H2,1-8H3/b11-9+,18-15+. The number of esters is 2. The van der Waals surface area contributed by atoms with E-state index in [1.165, 1.54) is 6.08 Å². The van der Waals surface area contributed by atoms with Crippen LogP contribution in [0.4, 0.5) is 0 Å². The maximum atomic E-state index is 12.8. The molecule has 2 aromatic rings. The van der Waals surface area contributed by atoms with Crippen LogP contribution in [0.2, 0.25) is 0 Å². The van der Waals surface area contributed by atoms with Gasteiger partial charge in [0.15, 0.2) is 5.78 Å². The topological polar surface area (TPSA) is 78.9 Å². The Kier molecular flexibility index (Phi) is 10.0. The second-order valence-electron chi connectivity index (χ2n) is 10.7. The molecule has 0 aliphatic heterocycles. The van der Waals surface area contributed by atoms with Crippen LogP contribution in [0.25, 0.3) is 6.08 Å². The van der Waals surface area contributed by atoms with Crippen LogP contribution in [0, 0.1) is 10.8 Å². The normalized spacial score (nSPS) is 12.1. The smallest absolute Gasteiger partial charge is 0.316 e. The van der Waals surface area contributed by atoms with E-state index in [2.05, 4.69) is 0 Å². The van der Waals surface area contributed by atoms with Crippen LogP contribution >= 0.6 is 0 Å². The van der Waals surface area contributed by atoms with Gasteiger partial charge in [-0.1, -0.05) is 12.2 Å². The highest BCUT2D eigenvalue weighted by Gasteiger charge is 2.25. The molecule has 2 rings (SSSR count). The first kappa shape index (κ1) is 29.6. The second-order valence-corrected chi connectivity index (χ2v) is 10.7. The summed E-state index contributed by atoms with van der Waals surface area (Å²) in [5.74, 6) is 0.428. The summed E-state index contributed by atoms with van der Waals surface area (Å²) in [5.41, 5.74) is 0.670. The predicted molar refractivity (Wildman–Crippen MR) is 146 cm³/mol. The zero-order valence-corrected chi connectivity index (χ0v) is 23.1. The number of carbonyl (C=O) groups excluding carboxylic acids is 3. The van der Waals surface area contributed by atoms with Crippen LogP contribution in [0.1, 0.15) is 76.9 Å². The molecule has 0 N–H and O–H groups in total. The van der Waals surface area contributed by atoms with Gasteiger partial charge in [-0.05, 0) is 110 Å². The minimum Gasteiger partial charge on any atom is -0.493 e. The van der Waals surface area contributed by atoms with Gasteiger partial charge in [0, 0.05) is 17.2 Å². The predicted octanol–water partition coefficient (Wildman–Crippen LogP) is 7.00. The van der Waals surface area contributed by atoms with Crippen molar-refractivity contribution in [3.05, 3.63) is 71.3 Å². The van der Waals surface area contributed by atoms with E-state index in [4.69, 9.17) is 14.2 Å². The van der Waals surface area contributed by atoms with Crippen molar-refractivity contribution in [2.75, 3.05) is 6.61 Å². The van der Waals surface area contributed by atoms with Crippen LogP contribution in [0.5, 0.6) is 17.2 Å². The van der Waals surface area contributed by atoms with Crippen LogP contribution < -0.4 is 14.2 Å². The minimum atomic E-state index is -0.657. The van der Waals surface area contributed by atoms with Crippen molar-refractivity contribution in [3.63, 3.8) is 0 Å². The molecule has 0 unspecified atom stereocenters. The molecular weight excluding hydrogens is 468 g/mol. The average Bonchev–Trinajstić information content (AvgIpc) is 2.82. The van der Waals surface area contributed by atoms with E-state index in [9.17, 15) is 14.4 Å². The summed E-state index contributed by atoms with van der Waals surface area (Å²) < 4.78 is 16.9. The Morgan fingerprint density at radius 3 is 1.97 bits per heavy atom. The molecule has 37 heavy (non-hydrogen) atoms. The van der Waals surface area contributed by atoms with Crippen molar-refractivity contribution in [3.8, 4) is 17.2 Å². The first-order valence-corrected chi connectivity index (χ1v) is 12.4. The minimum absolute atomic E-state index is 0.214. The number of hydrogen-bond acceptors (Lipinski definition) is 6. The molecule has 0 bridgehead atoms. The summed E-state index contributed by atoms with van der Waals surface area (Å²) in [6.07, 6.45) is 7.60. The third kappa shape index (κ3) is 8.74. The molecule has 2 aromatic carbocycles. The number of ether oxygens (including phenoxy) is 3. The number of ketones is 1. The Hall–Kier alpha value is -3.67. The lowest BCUT2D eigenvalue weighted by atomic mass is 9.97. The van der Waals surface area contributed by atoms with E-state index in [-0.39, 0.29) is 17.7 Å². The molecule has 0 aliphatic carbocycles. The first-order valence-electron chi connectivity index (χ1n) is 12.4. The lowest BCUT2D eigenvalue weighted by Crippen LogP contribution is -2.26. The zero-order chi connectivity index (χ0) is 27.8. The van der Waals surface area contributed by atoms with Crippen LogP contribution in [-0.2, 0) is 16.0 Å². The molecule has 0 saturated heterocycles. The molecule has 0 heterocycles. The molecular formula is C31H38O6.